The van der Waals surface area contributed by atoms with E-state index < -0.39 is 0 Å². The number of thiophene rings is 1. The maximum atomic E-state index is 13.3. The minimum absolute atomic E-state index is 0.183. The number of fused-ring (bicyclic) bond motifs is 3. The van der Waals surface area contributed by atoms with Crippen LogP contribution in [0.1, 0.15) is 18.1 Å². The van der Waals surface area contributed by atoms with Crippen molar-refractivity contribution in [2.24, 2.45) is 0 Å². The molecule has 0 aliphatic rings. The fraction of sp³-hybridized carbons (Fsp3) is 0.174. The Hall–Kier alpha value is -3.36. The van der Waals surface area contributed by atoms with Gasteiger partial charge >= 0.3 is 5.69 Å². The van der Waals surface area contributed by atoms with Gasteiger partial charge < -0.3 is 4.74 Å². The summed E-state index contributed by atoms with van der Waals surface area (Å²) in [5.74, 6) is 1.00. The zero-order valence-corrected chi connectivity index (χ0v) is 18.8. The van der Waals surface area contributed by atoms with E-state index in [1.54, 1.807) is 18.2 Å². The number of hydrogen-bond acceptors (Lipinski definition) is 5. The van der Waals surface area contributed by atoms with Gasteiger partial charge in [-0.15, -0.1) is 16.4 Å². The molecule has 0 radical (unpaired) electrons. The van der Waals surface area contributed by atoms with Crippen LogP contribution in [0.15, 0.2) is 69.6 Å². The summed E-state index contributed by atoms with van der Waals surface area (Å²) in [7, 11) is 0. The van der Waals surface area contributed by atoms with E-state index in [2.05, 4.69) is 5.10 Å². The van der Waals surface area contributed by atoms with Gasteiger partial charge in [0.15, 0.2) is 0 Å². The summed E-state index contributed by atoms with van der Waals surface area (Å²) in [6.45, 7) is 2.94. The quantitative estimate of drug-likeness (QED) is 0.379. The molecule has 0 unspecified atom stereocenters. The first kappa shape index (κ1) is 20.5. The van der Waals surface area contributed by atoms with Gasteiger partial charge in [0.1, 0.15) is 10.4 Å². The molecule has 0 saturated carbocycles. The highest BCUT2D eigenvalue weighted by Crippen LogP contribution is 2.22. The van der Waals surface area contributed by atoms with Gasteiger partial charge in [-0.25, -0.2) is 13.9 Å². The van der Waals surface area contributed by atoms with Gasteiger partial charge in [-0.05, 0) is 42.1 Å². The second kappa shape index (κ2) is 8.29. The summed E-state index contributed by atoms with van der Waals surface area (Å²) in [6, 6.07) is 16.6. The average molecular weight is 467 g/mol. The smallest absolute Gasteiger partial charge is 0.352 e. The highest BCUT2D eigenvalue weighted by Gasteiger charge is 2.19. The molecule has 2 aromatic carbocycles. The Morgan fingerprint density at radius 2 is 1.81 bits per heavy atom. The van der Waals surface area contributed by atoms with Crippen molar-refractivity contribution < 1.29 is 4.74 Å². The Morgan fingerprint density at radius 3 is 2.59 bits per heavy atom. The van der Waals surface area contributed by atoms with E-state index in [1.807, 2.05) is 48.7 Å². The number of benzene rings is 2. The Kier molecular flexibility index (Phi) is 5.32. The van der Waals surface area contributed by atoms with E-state index >= 15 is 0 Å². The van der Waals surface area contributed by atoms with Crippen molar-refractivity contribution in [3.05, 3.63) is 97.0 Å². The maximum absolute atomic E-state index is 13.3. The molecule has 3 aromatic heterocycles. The molecule has 0 spiro atoms. The lowest BCUT2D eigenvalue weighted by atomic mass is 10.2. The number of aromatic nitrogens is 4. The molecule has 3 heterocycles. The van der Waals surface area contributed by atoms with Crippen molar-refractivity contribution in [1.29, 1.82) is 0 Å². The predicted octanol–water partition coefficient (Wildman–Crippen LogP) is 4.02. The Morgan fingerprint density at radius 1 is 1.03 bits per heavy atom. The lowest BCUT2D eigenvalue weighted by molar-refractivity contribution is 0.336. The van der Waals surface area contributed by atoms with Crippen LogP contribution in [-0.2, 0) is 13.1 Å². The lowest BCUT2D eigenvalue weighted by Gasteiger charge is -2.12. The highest BCUT2D eigenvalue weighted by molar-refractivity contribution is 7.17. The van der Waals surface area contributed by atoms with E-state index in [1.165, 1.54) is 25.0 Å². The molecule has 0 aliphatic heterocycles. The minimum Gasteiger partial charge on any atom is -0.494 e. The van der Waals surface area contributed by atoms with Gasteiger partial charge in [0.25, 0.3) is 5.56 Å². The molecule has 0 fully saturated rings. The average Bonchev–Trinajstić information content (AvgIpc) is 3.39. The topological polar surface area (TPSA) is 70.5 Å². The normalized spacial score (nSPS) is 11.4. The van der Waals surface area contributed by atoms with Crippen molar-refractivity contribution in [3.63, 3.8) is 0 Å². The summed E-state index contributed by atoms with van der Waals surface area (Å²) in [5, 5.41) is 6.99. The van der Waals surface area contributed by atoms with Gasteiger partial charge in [0.2, 0.25) is 5.78 Å². The van der Waals surface area contributed by atoms with Gasteiger partial charge in [-0.3, -0.25) is 9.36 Å². The molecule has 7 nitrogen and oxygen atoms in total. The zero-order chi connectivity index (χ0) is 22.2. The number of rotatable bonds is 6. The number of para-hydroxylation sites is 1. The van der Waals surface area contributed by atoms with Gasteiger partial charge in [-0.1, -0.05) is 41.9 Å². The summed E-state index contributed by atoms with van der Waals surface area (Å²) in [6.07, 6.45) is 0. The van der Waals surface area contributed by atoms with Crippen LogP contribution in [-0.4, -0.2) is 25.4 Å². The molecule has 162 valence electrons. The first-order valence-electron chi connectivity index (χ1n) is 10.1. The molecule has 32 heavy (non-hydrogen) atoms. The summed E-state index contributed by atoms with van der Waals surface area (Å²) < 4.78 is 10.7. The number of ether oxygens (including phenoxy) is 1. The largest absolute Gasteiger partial charge is 0.494 e. The van der Waals surface area contributed by atoms with E-state index in [0.29, 0.717) is 33.4 Å². The van der Waals surface area contributed by atoms with Crippen LogP contribution in [0.5, 0.6) is 5.75 Å². The third kappa shape index (κ3) is 3.51. The maximum Gasteiger partial charge on any atom is 0.352 e. The third-order valence-electron chi connectivity index (χ3n) is 5.23. The molecular formula is C23H19ClN4O3S. The van der Waals surface area contributed by atoms with Gasteiger partial charge in [0, 0.05) is 10.6 Å². The lowest BCUT2D eigenvalue weighted by Crippen LogP contribution is -2.26. The van der Waals surface area contributed by atoms with Crippen LogP contribution in [0.25, 0.3) is 16.0 Å². The monoisotopic (exact) mass is 466 g/mol. The molecule has 9 heteroatoms. The number of nitrogens with zero attached hydrogens (tertiary/aromatic N) is 4. The number of hydrogen-bond donors (Lipinski definition) is 0. The van der Waals surface area contributed by atoms with Crippen LogP contribution in [0.3, 0.4) is 0 Å². The van der Waals surface area contributed by atoms with Gasteiger partial charge in [0.05, 0.1) is 25.2 Å². The molecule has 5 rings (SSSR count). The fourth-order valence-electron chi connectivity index (χ4n) is 3.74. The van der Waals surface area contributed by atoms with Crippen LogP contribution in [0.4, 0.5) is 0 Å². The van der Waals surface area contributed by atoms with Crippen LogP contribution in [0.2, 0.25) is 5.02 Å². The molecule has 0 saturated heterocycles. The van der Waals surface area contributed by atoms with Gasteiger partial charge in [-0.2, -0.15) is 0 Å². The van der Waals surface area contributed by atoms with E-state index in [0.717, 1.165) is 11.1 Å². The zero-order valence-electron chi connectivity index (χ0n) is 17.2. The van der Waals surface area contributed by atoms with Crippen molar-refractivity contribution >= 4 is 38.9 Å². The molecule has 0 atom stereocenters. The fourth-order valence-corrected chi connectivity index (χ4v) is 4.69. The summed E-state index contributed by atoms with van der Waals surface area (Å²) in [5.41, 5.74) is 1.81. The molecule has 0 amide bonds. The molecular weight excluding hydrogens is 448 g/mol. The third-order valence-corrected chi connectivity index (χ3v) is 6.38. The highest BCUT2D eigenvalue weighted by atomic mass is 35.5. The second-order valence-corrected chi connectivity index (χ2v) is 8.62. The van der Waals surface area contributed by atoms with E-state index in [4.69, 9.17) is 16.3 Å². The van der Waals surface area contributed by atoms with Crippen molar-refractivity contribution in [2.75, 3.05) is 6.61 Å². The molecule has 0 bridgehead atoms. The summed E-state index contributed by atoms with van der Waals surface area (Å²) >= 11 is 7.29. The van der Waals surface area contributed by atoms with Crippen molar-refractivity contribution in [3.8, 4) is 5.75 Å². The van der Waals surface area contributed by atoms with Crippen molar-refractivity contribution in [1.82, 2.24) is 18.7 Å². The van der Waals surface area contributed by atoms with Crippen molar-refractivity contribution in [2.45, 2.75) is 20.0 Å². The Balaban J connectivity index is 1.70. The Labute approximate surface area is 191 Å². The van der Waals surface area contributed by atoms with Crippen LogP contribution < -0.4 is 16.0 Å². The molecule has 0 N–H and O–H groups in total. The SMILES string of the molecule is CCOc1ccccc1Cn1c(=O)c2sccc2n2c(=O)n(Cc3ccc(Cl)cc3)nc12. The first-order chi connectivity index (χ1) is 15.6. The summed E-state index contributed by atoms with van der Waals surface area (Å²) in [4.78, 5) is 26.6. The Bertz CT molecular complexity index is 1550. The van der Waals surface area contributed by atoms with E-state index in [-0.39, 0.29) is 24.3 Å². The second-order valence-electron chi connectivity index (χ2n) is 7.27. The molecule has 5 aromatic rings. The minimum atomic E-state index is -0.301. The van der Waals surface area contributed by atoms with Crippen LogP contribution >= 0.6 is 22.9 Å². The van der Waals surface area contributed by atoms with Crippen LogP contribution in [0, 0.1) is 0 Å². The first-order valence-corrected chi connectivity index (χ1v) is 11.4. The predicted molar refractivity (Wildman–Crippen MR) is 126 cm³/mol. The molecule has 0 aliphatic carbocycles. The standard InChI is InChI=1S/C23H19ClN4O3S/c1-2-31-19-6-4-3-5-16(19)14-26-21(29)20-18(11-12-32-20)28-22(26)25-27(23(28)30)13-15-7-9-17(24)10-8-15/h3-12H,2,13-14H2,1H3. The van der Waals surface area contributed by atoms with E-state index in [9.17, 15) is 9.59 Å². The number of halogens is 1.